The van der Waals surface area contributed by atoms with Gasteiger partial charge in [0.05, 0.1) is 12.2 Å². The minimum atomic E-state index is 0.680. The van der Waals surface area contributed by atoms with Gasteiger partial charge in [0.15, 0.2) is 5.96 Å². The zero-order valence-electron chi connectivity index (χ0n) is 15.8. The second-order valence-electron chi connectivity index (χ2n) is 6.54. The van der Waals surface area contributed by atoms with Gasteiger partial charge in [-0.25, -0.2) is 4.98 Å². The summed E-state index contributed by atoms with van der Waals surface area (Å²) < 4.78 is 1.85. The fraction of sp³-hybridized carbons (Fsp3) is 0.500. The molecular weight excluding hydrogens is 328 g/mol. The first-order valence-corrected chi connectivity index (χ1v) is 8.95. The van der Waals surface area contributed by atoms with Gasteiger partial charge in [0.1, 0.15) is 5.82 Å². The lowest BCUT2D eigenvalue weighted by molar-refractivity contribution is 0.312. The highest BCUT2D eigenvalue weighted by atomic mass is 15.3. The number of pyridine rings is 1. The van der Waals surface area contributed by atoms with Gasteiger partial charge in [-0.05, 0) is 30.8 Å². The Labute approximate surface area is 154 Å². The molecule has 2 N–H and O–H groups in total. The summed E-state index contributed by atoms with van der Waals surface area (Å²) >= 11 is 0. The predicted octanol–water partition coefficient (Wildman–Crippen LogP) is 0.432. The maximum atomic E-state index is 4.54. The number of hydrogen-bond donors (Lipinski definition) is 2. The molecule has 2 aromatic rings. The van der Waals surface area contributed by atoms with E-state index in [1.54, 1.807) is 13.2 Å². The highest BCUT2D eigenvalue weighted by Gasteiger charge is 2.15. The predicted molar refractivity (Wildman–Crippen MR) is 104 cm³/mol. The van der Waals surface area contributed by atoms with E-state index in [2.05, 4.69) is 48.6 Å². The van der Waals surface area contributed by atoms with E-state index in [0.717, 1.165) is 43.7 Å². The largest absolute Gasteiger partial charge is 0.354 e. The molecule has 26 heavy (non-hydrogen) atoms. The van der Waals surface area contributed by atoms with Crippen LogP contribution in [0.3, 0.4) is 0 Å². The number of aliphatic imine (C=N–C) groups is 1. The average molecular weight is 356 g/mol. The van der Waals surface area contributed by atoms with Crippen molar-refractivity contribution in [3.8, 4) is 0 Å². The van der Waals surface area contributed by atoms with Crippen LogP contribution in [0.4, 0.5) is 5.82 Å². The number of guanidine groups is 1. The van der Waals surface area contributed by atoms with Crippen LogP contribution in [0, 0.1) is 0 Å². The molecule has 8 nitrogen and oxygen atoms in total. The zero-order chi connectivity index (χ0) is 18.4. The standard InChI is InChI=1S/C18H28N8/c1-19-18(22-14-16-5-7-23-25(16)3)21-13-15-4-6-20-17(12-15)26-10-8-24(2)9-11-26/h4-7,12H,8-11,13-14H2,1-3H3,(H2,19,21,22). The van der Waals surface area contributed by atoms with Crippen molar-refractivity contribution in [3.05, 3.63) is 41.9 Å². The van der Waals surface area contributed by atoms with E-state index in [0.29, 0.717) is 13.1 Å². The third kappa shape index (κ3) is 4.72. The van der Waals surface area contributed by atoms with E-state index in [-0.39, 0.29) is 0 Å². The summed E-state index contributed by atoms with van der Waals surface area (Å²) in [6.45, 7) is 5.58. The Morgan fingerprint density at radius 2 is 1.85 bits per heavy atom. The lowest BCUT2D eigenvalue weighted by Crippen LogP contribution is -2.44. The number of nitrogens with one attached hydrogen (secondary N) is 2. The molecule has 0 unspecified atom stereocenters. The third-order valence-electron chi connectivity index (χ3n) is 4.68. The molecule has 2 aromatic heterocycles. The molecule has 1 saturated heterocycles. The fourth-order valence-electron chi connectivity index (χ4n) is 2.93. The van der Waals surface area contributed by atoms with Gasteiger partial charge in [0, 0.05) is 59.2 Å². The number of aromatic nitrogens is 3. The number of nitrogens with zero attached hydrogens (tertiary/aromatic N) is 6. The number of piperazine rings is 1. The Hall–Kier alpha value is -2.61. The van der Waals surface area contributed by atoms with Crippen LogP contribution < -0.4 is 15.5 Å². The van der Waals surface area contributed by atoms with Crippen LogP contribution in [0.5, 0.6) is 0 Å². The first-order chi connectivity index (χ1) is 12.7. The summed E-state index contributed by atoms with van der Waals surface area (Å²) in [7, 11) is 5.88. The molecule has 3 heterocycles. The van der Waals surface area contributed by atoms with Crippen LogP contribution in [-0.4, -0.2) is 65.9 Å². The third-order valence-corrected chi connectivity index (χ3v) is 4.68. The summed E-state index contributed by atoms with van der Waals surface area (Å²) in [5, 5.41) is 10.8. The normalized spacial score (nSPS) is 16.0. The van der Waals surface area contributed by atoms with Gasteiger partial charge in [-0.15, -0.1) is 0 Å². The van der Waals surface area contributed by atoms with Gasteiger partial charge in [0.2, 0.25) is 0 Å². The van der Waals surface area contributed by atoms with Gasteiger partial charge in [-0.3, -0.25) is 9.67 Å². The van der Waals surface area contributed by atoms with E-state index < -0.39 is 0 Å². The lowest BCUT2D eigenvalue weighted by Gasteiger charge is -2.33. The maximum Gasteiger partial charge on any atom is 0.191 e. The first-order valence-electron chi connectivity index (χ1n) is 8.95. The topological polar surface area (TPSA) is 73.6 Å². The van der Waals surface area contributed by atoms with Crippen molar-refractivity contribution in [2.75, 3.05) is 45.2 Å². The first kappa shape index (κ1) is 18.2. The molecule has 0 bridgehead atoms. The SMILES string of the molecule is CN=C(NCc1ccnc(N2CCN(C)CC2)c1)NCc1ccnn1C. The zero-order valence-corrected chi connectivity index (χ0v) is 15.8. The van der Waals surface area contributed by atoms with Crippen molar-refractivity contribution in [1.82, 2.24) is 30.3 Å². The molecule has 0 saturated carbocycles. The average Bonchev–Trinajstić information content (AvgIpc) is 3.08. The molecule has 0 atom stereocenters. The Balaban J connectivity index is 1.53. The quantitative estimate of drug-likeness (QED) is 0.598. The van der Waals surface area contributed by atoms with Crippen molar-refractivity contribution in [2.24, 2.45) is 12.0 Å². The van der Waals surface area contributed by atoms with E-state index in [1.165, 1.54) is 5.56 Å². The van der Waals surface area contributed by atoms with Crippen molar-refractivity contribution in [1.29, 1.82) is 0 Å². The Kier molecular flexibility index (Phi) is 6.06. The molecule has 0 amide bonds. The van der Waals surface area contributed by atoms with Gasteiger partial charge in [-0.2, -0.15) is 5.10 Å². The fourth-order valence-corrected chi connectivity index (χ4v) is 2.93. The Bertz CT molecular complexity index is 730. The molecule has 1 aliphatic heterocycles. The second kappa shape index (κ2) is 8.66. The van der Waals surface area contributed by atoms with Crippen molar-refractivity contribution < 1.29 is 0 Å². The van der Waals surface area contributed by atoms with Crippen molar-refractivity contribution in [3.63, 3.8) is 0 Å². The van der Waals surface area contributed by atoms with Crippen LogP contribution in [0.2, 0.25) is 0 Å². The number of aryl methyl sites for hydroxylation is 1. The summed E-state index contributed by atoms with van der Waals surface area (Å²) in [4.78, 5) is 13.5. The van der Waals surface area contributed by atoms with Gasteiger partial charge in [0.25, 0.3) is 0 Å². The molecule has 0 radical (unpaired) electrons. The second-order valence-corrected chi connectivity index (χ2v) is 6.54. The number of likely N-dealkylation sites (N-methyl/N-ethyl adjacent to an activating group) is 1. The van der Waals surface area contributed by atoms with E-state index >= 15 is 0 Å². The molecule has 0 aliphatic carbocycles. The lowest BCUT2D eigenvalue weighted by atomic mass is 10.2. The van der Waals surface area contributed by atoms with Gasteiger partial charge < -0.3 is 20.4 Å². The molecular formula is C18H28N8. The smallest absolute Gasteiger partial charge is 0.191 e. The van der Waals surface area contributed by atoms with E-state index in [4.69, 9.17) is 0 Å². The van der Waals surface area contributed by atoms with Crippen molar-refractivity contribution in [2.45, 2.75) is 13.1 Å². The van der Waals surface area contributed by atoms with Crippen LogP contribution in [-0.2, 0) is 20.1 Å². The Morgan fingerprint density at radius 3 is 2.54 bits per heavy atom. The van der Waals surface area contributed by atoms with Crippen LogP contribution >= 0.6 is 0 Å². The summed E-state index contributed by atoms with van der Waals surface area (Å²) in [5.41, 5.74) is 2.30. The number of anilines is 1. The van der Waals surface area contributed by atoms with Crippen molar-refractivity contribution >= 4 is 11.8 Å². The molecule has 0 spiro atoms. The number of hydrogen-bond acceptors (Lipinski definition) is 5. The molecule has 1 aliphatic rings. The van der Waals surface area contributed by atoms with Crippen LogP contribution in [0.25, 0.3) is 0 Å². The number of rotatable bonds is 5. The highest BCUT2D eigenvalue weighted by Crippen LogP contribution is 2.14. The Morgan fingerprint density at radius 1 is 1.08 bits per heavy atom. The highest BCUT2D eigenvalue weighted by molar-refractivity contribution is 5.79. The minimum absolute atomic E-state index is 0.680. The summed E-state index contributed by atoms with van der Waals surface area (Å²) in [6, 6.07) is 6.19. The summed E-state index contributed by atoms with van der Waals surface area (Å²) in [6.07, 6.45) is 3.68. The molecule has 3 rings (SSSR count). The van der Waals surface area contributed by atoms with E-state index in [1.807, 2.05) is 30.1 Å². The summed E-state index contributed by atoms with van der Waals surface area (Å²) in [5.74, 6) is 1.82. The molecule has 8 heteroatoms. The van der Waals surface area contributed by atoms with Crippen LogP contribution in [0.15, 0.2) is 35.6 Å². The minimum Gasteiger partial charge on any atom is -0.354 e. The van der Waals surface area contributed by atoms with Crippen LogP contribution in [0.1, 0.15) is 11.3 Å². The molecule has 1 fully saturated rings. The molecule has 0 aromatic carbocycles. The maximum absolute atomic E-state index is 4.54. The van der Waals surface area contributed by atoms with Gasteiger partial charge >= 0.3 is 0 Å². The monoisotopic (exact) mass is 356 g/mol. The van der Waals surface area contributed by atoms with E-state index in [9.17, 15) is 0 Å². The van der Waals surface area contributed by atoms with Gasteiger partial charge in [-0.1, -0.05) is 0 Å². The molecule has 140 valence electrons.